The van der Waals surface area contributed by atoms with Gasteiger partial charge in [-0.2, -0.15) is 0 Å². The molecule has 1 aromatic heterocycles. The van der Waals surface area contributed by atoms with Gasteiger partial charge in [0.2, 0.25) is 15.9 Å². The quantitative estimate of drug-likeness (QED) is 0.841. The van der Waals surface area contributed by atoms with Gasteiger partial charge in [-0.25, -0.2) is 17.8 Å². The Morgan fingerprint density at radius 2 is 1.96 bits per heavy atom. The van der Waals surface area contributed by atoms with Gasteiger partial charge in [0.25, 0.3) is 5.91 Å². The van der Waals surface area contributed by atoms with Crippen LogP contribution in [0, 0.1) is 5.82 Å². The highest BCUT2D eigenvalue weighted by Crippen LogP contribution is 2.33. The predicted molar refractivity (Wildman–Crippen MR) is 103 cm³/mol. The van der Waals surface area contributed by atoms with Gasteiger partial charge < -0.3 is 10.1 Å². The van der Waals surface area contributed by atoms with Crippen LogP contribution in [0.25, 0.3) is 0 Å². The molecule has 28 heavy (non-hydrogen) atoms. The molecule has 0 saturated carbocycles. The summed E-state index contributed by atoms with van der Waals surface area (Å²) in [5, 5.41) is 2.82. The summed E-state index contributed by atoms with van der Waals surface area (Å²) < 4.78 is 45.7. The number of pyridine rings is 1. The maximum Gasteiger partial charge on any atom is 0.253 e. The number of hydrogen-bond acceptors (Lipinski definition) is 5. The second kappa shape index (κ2) is 7.38. The van der Waals surface area contributed by atoms with Gasteiger partial charge in [-0.3, -0.25) is 9.10 Å². The molecule has 0 spiro atoms. The molecular weight excluding hydrogens is 385 g/mol. The highest BCUT2D eigenvalue weighted by molar-refractivity contribution is 7.92. The molecule has 1 amide bonds. The summed E-state index contributed by atoms with van der Waals surface area (Å²) in [6, 6.07) is 6.76. The van der Waals surface area contributed by atoms with Crippen LogP contribution in [-0.4, -0.2) is 38.0 Å². The molecule has 1 aromatic carbocycles. The van der Waals surface area contributed by atoms with Crippen LogP contribution >= 0.6 is 0 Å². The zero-order valence-corrected chi connectivity index (χ0v) is 16.7. The third-order valence-corrected chi connectivity index (χ3v) is 5.73. The first kappa shape index (κ1) is 20.1. The third-order valence-electron chi connectivity index (χ3n) is 3.98. The van der Waals surface area contributed by atoms with Crippen LogP contribution in [-0.2, 0) is 15.8 Å². The van der Waals surface area contributed by atoms with Crippen molar-refractivity contribution in [3.8, 4) is 5.88 Å². The van der Waals surface area contributed by atoms with E-state index in [9.17, 15) is 17.6 Å². The van der Waals surface area contributed by atoms with Crippen molar-refractivity contribution in [3.63, 3.8) is 0 Å². The Bertz CT molecular complexity index is 985. The number of aromatic nitrogens is 1. The average molecular weight is 407 g/mol. The molecule has 9 heteroatoms. The van der Waals surface area contributed by atoms with E-state index in [1.54, 1.807) is 0 Å². The number of sulfonamides is 1. The molecule has 0 atom stereocenters. The summed E-state index contributed by atoms with van der Waals surface area (Å²) in [5.41, 5.74) is 0.470. The lowest BCUT2D eigenvalue weighted by Crippen LogP contribution is -2.41. The Kier molecular flexibility index (Phi) is 5.29. The normalized spacial score (nSPS) is 14.2. The van der Waals surface area contributed by atoms with Crippen LogP contribution in [0.3, 0.4) is 0 Å². The van der Waals surface area contributed by atoms with Crippen LogP contribution in [0.4, 0.5) is 10.1 Å². The van der Waals surface area contributed by atoms with E-state index in [-0.39, 0.29) is 41.9 Å². The molecule has 0 saturated heterocycles. The summed E-state index contributed by atoms with van der Waals surface area (Å²) in [6.07, 6.45) is 1.36. The van der Waals surface area contributed by atoms with E-state index in [1.165, 1.54) is 40.8 Å². The van der Waals surface area contributed by atoms with Gasteiger partial charge >= 0.3 is 0 Å². The standard InChI is InChI=1S/C19H22FN3O4S/c1-19(2,3)22-17(24)14-10-16-18(21-11-14)27-9-8-23(16)28(25,26)12-13-4-6-15(20)7-5-13/h4-7,10-11H,8-9,12H2,1-3H3,(H,22,24). The van der Waals surface area contributed by atoms with Crippen LogP contribution in [0.1, 0.15) is 36.7 Å². The van der Waals surface area contributed by atoms with Gasteiger partial charge in [-0.15, -0.1) is 0 Å². The lowest BCUT2D eigenvalue weighted by atomic mass is 10.1. The number of hydrogen-bond donors (Lipinski definition) is 1. The van der Waals surface area contributed by atoms with E-state index in [0.29, 0.717) is 5.56 Å². The fourth-order valence-corrected chi connectivity index (χ4v) is 4.32. The van der Waals surface area contributed by atoms with Crippen molar-refractivity contribution < 1.29 is 22.3 Å². The zero-order valence-electron chi connectivity index (χ0n) is 15.9. The van der Waals surface area contributed by atoms with Crippen molar-refractivity contribution in [1.82, 2.24) is 10.3 Å². The minimum absolute atomic E-state index is 0.0998. The predicted octanol–water partition coefficient (Wildman–Crippen LogP) is 2.48. The van der Waals surface area contributed by atoms with Crippen molar-refractivity contribution in [2.75, 3.05) is 17.5 Å². The molecule has 0 unspecified atom stereocenters. The Balaban J connectivity index is 1.91. The smallest absolute Gasteiger partial charge is 0.253 e. The maximum atomic E-state index is 13.1. The Labute approximate surface area is 163 Å². The number of carbonyl (C=O) groups excluding carboxylic acids is 1. The van der Waals surface area contributed by atoms with Crippen molar-refractivity contribution in [2.45, 2.75) is 32.1 Å². The monoisotopic (exact) mass is 407 g/mol. The van der Waals surface area contributed by atoms with Crippen LogP contribution in [0.2, 0.25) is 0 Å². The Hall–Kier alpha value is -2.68. The topological polar surface area (TPSA) is 88.6 Å². The van der Waals surface area contributed by atoms with Crippen molar-refractivity contribution in [3.05, 3.63) is 53.5 Å². The Morgan fingerprint density at radius 3 is 2.61 bits per heavy atom. The molecule has 1 aliphatic heterocycles. The lowest BCUT2D eigenvalue weighted by molar-refractivity contribution is 0.0919. The fraction of sp³-hybridized carbons (Fsp3) is 0.368. The van der Waals surface area contributed by atoms with E-state index >= 15 is 0 Å². The van der Waals surface area contributed by atoms with Crippen LogP contribution in [0.15, 0.2) is 36.5 Å². The molecule has 2 aromatic rings. The second-order valence-corrected chi connectivity index (χ2v) is 9.45. The molecule has 1 aliphatic rings. The first-order valence-corrected chi connectivity index (χ1v) is 10.4. The molecule has 1 N–H and O–H groups in total. The van der Waals surface area contributed by atoms with Gasteiger partial charge in [0.1, 0.15) is 18.1 Å². The zero-order chi connectivity index (χ0) is 20.5. The SMILES string of the molecule is CC(C)(C)NC(=O)c1cnc2c(c1)N(S(=O)(=O)Cc1ccc(F)cc1)CCO2. The minimum Gasteiger partial charge on any atom is -0.474 e. The van der Waals surface area contributed by atoms with E-state index in [2.05, 4.69) is 10.3 Å². The first-order valence-electron chi connectivity index (χ1n) is 8.75. The molecule has 150 valence electrons. The van der Waals surface area contributed by atoms with Crippen molar-refractivity contribution in [1.29, 1.82) is 0 Å². The summed E-state index contributed by atoms with van der Waals surface area (Å²) in [4.78, 5) is 16.5. The number of carbonyl (C=O) groups is 1. The van der Waals surface area contributed by atoms with E-state index in [0.717, 1.165) is 0 Å². The highest BCUT2D eigenvalue weighted by Gasteiger charge is 2.31. The van der Waals surface area contributed by atoms with E-state index in [1.807, 2.05) is 20.8 Å². The van der Waals surface area contributed by atoms with Gasteiger partial charge in [0.15, 0.2) is 0 Å². The highest BCUT2D eigenvalue weighted by atomic mass is 32.2. The number of amides is 1. The van der Waals surface area contributed by atoms with E-state index in [4.69, 9.17) is 4.74 Å². The van der Waals surface area contributed by atoms with Crippen molar-refractivity contribution >= 4 is 21.6 Å². The number of nitrogens with zero attached hydrogens (tertiary/aromatic N) is 2. The number of halogens is 1. The molecule has 7 nitrogen and oxygen atoms in total. The summed E-state index contributed by atoms with van der Waals surface area (Å²) in [5.74, 6) is -0.937. The number of nitrogens with one attached hydrogen (secondary N) is 1. The number of fused-ring (bicyclic) bond motifs is 1. The Morgan fingerprint density at radius 1 is 1.29 bits per heavy atom. The second-order valence-electron chi connectivity index (χ2n) is 7.56. The molecule has 0 bridgehead atoms. The van der Waals surface area contributed by atoms with Gasteiger partial charge in [-0.05, 0) is 44.5 Å². The number of rotatable bonds is 4. The largest absolute Gasteiger partial charge is 0.474 e. The third kappa shape index (κ3) is 4.59. The summed E-state index contributed by atoms with van der Waals surface area (Å²) in [7, 11) is -3.78. The maximum absolute atomic E-state index is 13.1. The summed E-state index contributed by atoms with van der Waals surface area (Å²) >= 11 is 0. The van der Waals surface area contributed by atoms with Gasteiger partial charge in [-0.1, -0.05) is 12.1 Å². The van der Waals surface area contributed by atoms with Gasteiger partial charge in [0, 0.05) is 11.7 Å². The van der Waals surface area contributed by atoms with Crippen LogP contribution < -0.4 is 14.4 Å². The number of ether oxygens (including phenoxy) is 1. The van der Waals surface area contributed by atoms with Crippen LogP contribution in [0.5, 0.6) is 5.88 Å². The van der Waals surface area contributed by atoms with Gasteiger partial charge in [0.05, 0.1) is 17.9 Å². The first-order chi connectivity index (χ1) is 13.0. The molecule has 0 radical (unpaired) electrons. The molecule has 0 aliphatic carbocycles. The summed E-state index contributed by atoms with van der Waals surface area (Å²) in [6.45, 7) is 5.79. The molecular formula is C19H22FN3O4S. The number of anilines is 1. The molecule has 3 rings (SSSR count). The molecule has 2 heterocycles. The molecule has 0 fully saturated rings. The number of benzene rings is 1. The fourth-order valence-electron chi connectivity index (χ4n) is 2.77. The van der Waals surface area contributed by atoms with Crippen molar-refractivity contribution in [2.24, 2.45) is 0 Å². The minimum atomic E-state index is -3.78. The van der Waals surface area contributed by atoms with E-state index < -0.39 is 21.4 Å². The average Bonchev–Trinajstić information content (AvgIpc) is 2.61. The lowest BCUT2D eigenvalue weighted by Gasteiger charge is -2.30.